The smallest absolute Gasteiger partial charge is 0.338 e. The van der Waals surface area contributed by atoms with Crippen LogP contribution in [0.5, 0.6) is 0 Å². The molecule has 1 amide bonds. The number of halogens is 1. The highest BCUT2D eigenvalue weighted by molar-refractivity contribution is 5.91. The van der Waals surface area contributed by atoms with Crippen molar-refractivity contribution in [3.8, 4) is 17.2 Å². The number of esters is 1. The number of hydrogen-bond donors (Lipinski definition) is 1. The lowest BCUT2D eigenvalue weighted by Crippen LogP contribution is -2.38. The summed E-state index contributed by atoms with van der Waals surface area (Å²) in [4.78, 5) is 24.9. The van der Waals surface area contributed by atoms with Crippen molar-refractivity contribution in [2.45, 2.75) is 24.9 Å². The van der Waals surface area contributed by atoms with Crippen LogP contribution in [0, 0.1) is 17.1 Å². The fourth-order valence-electron chi connectivity index (χ4n) is 3.97. The first kappa shape index (κ1) is 20.3. The SMILES string of the molecule is N#Cc1ccc2c(c1)CCC(OC(=O)c1ccc(-c3ccc(F)cc3)cc1)C2C(N)=O. The molecule has 0 aliphatic heterocycles. The van der Waals surface area contributed by atoms with Crippen LogP contribution in [0.3, 0.4) is 0 Å². The Bertz CT molecular complexity index is 1180. The Hall–Kier alpha value is -3.98. The van der Waals surface area contributed by atoms with Gasteiger partial charge >= 0.3 is 5.97 Å². The molecule has 154 valence electrons. The summed E-state index contributed by atoms with van der Waals surface area (Å²) in [6.07, 6.45) is 0.340. The molecule has 6 heteroatoms. The van der Waals surface area contributed by atoms with E-state index in [2.05, 4.69) is 6.07 Å². The summed E-state index contributed by atoms with van der Waals surface area (Å²) in [5.74, 6) is -2.20. The molecule has 31 heavy (non-hydrogen) atoms. The second-order valence-corrected chi connectivity index (χ2v) is 7.47. The highest BCUT2D eigenvalue weighted by atomic mass is 19.1. The monoisotopic (exact) mass is 414 g/mol. The van der Waals surface area contributed by atoms with E-state index in [1.54, 1.807) is 54.6 Å². The second kappa shape index (κ2) is 8.41. The summed E-state index contributed by atoms with van der Waals surface area (Å²) in [5.41, 5.74) is 9.73. The van der Waals surface area contributed by atoms with Crippen molar-refractivity contribution >= 4 is 11.9 Å². The van der Waals surface area contributed by atoms with Gasteiger partial charge in [0, 0.05) is 0 Å². The number of hydrogen-bond acceptors (Lipinski definition) is 4. The molecule has 1 aliphatic rings. The largest absolute Gasteiger partial charge is 0.458 e. The van der Waals surface area contributed by atoms with Gasteiger partial charge in [-0.15, -0.1) is 0 Å². The third-order valence-corrected chi connectivity index (χ3v) is 5.54. The highest BCUT2D eigenvalue weighted by Gasteiger charge is 2.36. The van der Waals surface area contributed by atoms with E-state index in [1.165, 1.54) is 12.1 Å². The number of fused-ring (bicyclic) bond motifs is 1. The standard InChI is InChI=1S/C25H19FN2O3/c26-20-9-6-17(7-10-20)16-2-4-18(5-3-16)25(30)31-22-12-8-19-13-15(14-27)1-11-21(19)23(22)24(28)29/h1-7,9-11,13,22-23H,8,12H2,(H2,28,29). The predicted molar refractivity (Wildman–Crippen MR) is 112 cm³/mol. The number of carbonyl (C=O) groups excluding carboxylic acids is 2. The maximum Gasteiger partial charge on any atom is 0.338 e. The third-order valence-electron chi connectivity index (χ3n) is 5.54. The molecule has 4 rings (SSSR count). The zero-order chi connectivity index (χ0) is 22.0. The molecule has 2 atom stereocenters. The van der Waals surface area contributed by atoms with Crippen LogP contribution in [0.4, 0.5) is 4.39 Å². The van der Waals surface area contributed by atoms with E-state index < -0.39 is 23.9 Å². The van der Waals surface area contributed by atoms with Crippen molar-refractivity contribution in [1.82, 2.24) is 0 Å². The minimum absolute atomic E-state index is 0.314. The van der Waals surface area contributed by atoms with Gasteiger partial charge in [-0.2, -0.15) is 5.26 Å². The number of amides is 1. The van der Waals surface area contributed by atoms with Crippen LogP contribution < -0.4 is 5.73 Å². The van der Waals surface area contributed by atoms with E-state index in [1.807, 2.05) is 0 Å². The molecule has 3 aromatic rings. The third kappa shape index (κ3) is 4.17. The summed E-state index contributed by atoms with van der Waals surface area (Å²) in [6.45, 7) is 0. The minimum Gasteiger partial charge on any atom is -0.458 e. The minimum atomic E-state index is -0.765. The summed E-state index contributed by atoms with van der Waals surface area (Å²) in [6, 6.07) is 20.0. The molecule has 1 aliphatic carbocycles. The van der Waals surface area contributed by atoms with Crippen LogP contribution in [0.25, 0.3) is 11.1 Å². The molecular formula is C25H19FN2O3. The summed E-state index contributed by atoms with van der Waals surface area (Å²) in [7, 11) is 0. The maximum absolute atomic E-state index is 13.1. The van der Waals surface area contributed by atoms with E-state index in [9.17, 15) is 14.0 Å². The normalized spacial score (nSPS) is 17.3. The molecule has 0 heterocycles. The zero-order valence-corrected chi connectivity index (χ0v) is 16.5. The average Bonchev–Trinajstić information content (AvgIpc) is 2.79. The highest BCUT2D eigenvalue weighted by Crippen LogP contribution is 2.34. The molecule has 0 spiro atoms. The van der Waals surface area contributed by atoms with Gasteiger partial charge in [0.15, 0.2) is 0 Å². The van der Waals surface area contributed by atoms with Crippen molar-refractivity contribution in [1.29, 1.82) is 5.26 Å². The van der Waals surface area contributed by atoms with Gasteiger partial charge in [-0.05, 0) is 71.5 Å². The van der Waals surface area contributed by atoms with Crippen molar-refractivity contribution < 1.29 is 18.7 Å². The van der Waals surface area contributed by atoms with Crippen LogP contribution in [0.1, 0.15) is 39.4 Å². The lowest BCUT2D eigenvalue weighted by atomic mass is 9.79. The lowest BCUT2D eigenvalue weighted by molar-refractivity contribution is -0.122. The summed E-state index contributed by atoms with van der Waals surface area (Å²) < 4.78 is 18.8. The molecule has 0 bridgehead atoms. The number of nitrogens with zero attached hydrogens (tertiary/aromatic N) is 1. The lowest BCUT2D eigenvalue weighted by Gasteiger charge is -2.31. The van der Waals surface area contributed by atoms with Crippen LogP contribution in [0.15, 0.2) is 66.7 Å². The Morgan fingerprint density at radius 2 is 1.65 bits per heavy atom. The van der Waals surface area contributed by atoms with Gasteiger partial charge in [0.05, 0.1) is 23.1 Å². The number of nitrogens with two attached hydrogens (primary N) is 1. The first-order valence-corrected chi connectivity index (χ1v) is 9.85. The predicted octanol–water partition coefficient (Wildman–Crippen LogP) is 4.11. The molecule has 0 radical (unpaired) electrons. The first-order chi connectivity index (χ1) is 15.0. The van der Waals surface area contributed by atoms with Crippen molar-refractivity contribution in [2.24, 2.45) is 5.73 Å². The number of primary amides is 1. The molecule has 5 nitrogen and oxygen atoms in total. The molecule has 3 aromatic carbocycles. The average molecular weight is 414 g/mol. The van der Waals surface area contributed by atoms with E-state index in [4.69, 9.17) is 15.7 Å². The Balaban J connectivity index is 1.52. The van der Waals surface area contributed by atoms with Crippen LogP contribution in [-0.2, 0) is 16.0 Å². The van der Waals surface area contributed by atoms with Gasteiger partial charge in [-0.25, -0.2) is 9.18 Å². The van der Waals surface area contributed by atoms with Crippen LogP contribution in [0.2, 0.25) is 0 Å². The molecule has 2 unspecified atom stereocenters. The number of ether oxygens (including phenoxy) is 1. The Morgan fingerprint density at radius 1 is 1.00 bits per heavy atom. The van der Waals surface area contributed by atoms with Crippen molar-refractivity contribution in [3.63, 3.8) is 0 Å². The fraction of sp³-hybridized carbons (Fsp3) is 0.160. The summed E-state index contributed by atoms with van der Waals surface area (Å²) in [5, 5.41) is 9.09. The molecule has 0 aromatic heterocycles. The molecule has 0 saturated heterocycles. The maximum atomic E-state index is 13.1. The van der Waals surface area contributed by atoms with Crippen LogP contribution in [-0.4, -0.2) is 18.0 Å². The van der Waals surface area contributed by atoms with Crippen molar-refractivity contribution in [3.05, 3.63) is 94.8 Å². The Labute approximate surface area is 178 Å². The Kier molecular flexibility index (Phi) is 5.50. The number of carbonyl (C=O) groups is 2. The van der Waals surface area contributed by atoms with E-state index in [-0.39, 0.29) is 5.82 Å². The van der Waals surface area contributed by atoms with Gasteiger partial charge in [0.1, 0.15) is 11.9 Å². The van der Waals surface area contributed by atoms with Gasteiger partial charge in [0.2, 0.25) is 5.91 Å². The van der Waals surface area contributed by atoms with E-state index in [0.717, 1.165) is 16.7 Å². The second-order valence-electron chi connectivity index (χ2n) is 7.47. The topological polar surface area (TPSA) is 93.2 Å². The van der Waals surface area contributed by atoms with Gasteiger partial charge in [-0.3, -0.25) is 4.79 Å². The molecule has 0 fully saturated rings. The first-order valence-electron chi connectivity index (χ1n) is 9.85. The van der Waals surface area contributed by atoms with Gasteiger partial charge in [-0.1, -0.05) is 30.3 Å². The number of rotatable bonds is 4. The van der Waals surface area contributed by atoms with Gasteiger partial charge in [0.25, 0.3) is 0 Å². The quantitative estimate of drug-likeness (QED) is 0.651. The molecule has 2 N–H and O–H groups in total. The Morgan fingerprint density at radius 3 is 2.26 bits per heavy atom. The van der Waals surface area contributed by atoms with Crippen molar-refractivity contribution in [2.75, 3.05) is 0 Å². The zero-order valence-electron chi connectivity index (χ0n) is 16.5. The van der Waals surface area contributed by atoms with Gasteiger partial charge < -0.3 is 10.5 Å². The molecular weight excluding hydrogens is 395 g/mol. The number of benzene rings is 3. The number of nitriles is 1. The summed E-state index contributed by atoms with van der Waals surface area (Å²) >= 11 is 0. The molecule has 0 saturated carbocycles. The van der Waals surface area contributed by atoms with E-state index >= 15 is 0 Å². The fourth-order valence-corrected chi connectivity index (χ4v) is 3.97. The number of aryl methyl sites for hydroxylation is 1. The van der Waals surface area contributed by atoms with Crippen LogP contribution >= 0.6 is 0 Å². The van der Waals surface area contributed by atoms with E-state index in [0.29, 0.717) is 29.5 Å².